The minimum absolute atomic E-state index is 0.187. The number of nitrogens with zero attached hydrogens (tertiary/aromatic N) is 1. The van der Waals surface area contributed by atoms with Crippen molar-refractivity contribution in [1.82, 2.24) is 4.90 Å². The summed E-state index contributed by atoms with van der Waals surface area (Å²) in [5, 5.41) is 0. The molecule has 2 rings (SSSR count). The lowest BCUT2D eigenvalue weighted by Gasteiger charge is -2.13. The summed E-state index contributed by atoms with van der Waals surface area (Å²) >= 11 is 0. The zero-order chi connectivity index (χ0) is 15.8. The Kier molecular flexibility index (Phi) is 6.41. The summed E-state index contributed by atoms with van der Waals surface area (Å²) in [7, 11) is 4.13. The fraction of sp³-hybridized carbons (Fsp3) is 0.368. The number of ether oxygens (including phenoxy) is 1. The second kappa shape index (κ2) is 8.54. The van der Waals surface area contributed by atoms with Gasteiger partial charge < -0.3 is 9.64 Å². The molecule has 0 aliphatic rings. The number of hydrogen-bond acceptors (Lipinski definition) is 2. The zero-order valence-electron chi connectivity index (χ0n) is 13.4. The largest absolute Gasteiger partial charge is 0.493 e. The van der Waals surface area contributed by atoms with Gasteiger partial charge in [0.15, 0.2) is 0 Å². The lowest BCUT2D eigenvalue weighted by molar-refractivity contribution is 0.279. The van der Waals surface area contributed by atoms with E-state index in [2.05, 4.69) is 25.1 Å². The van der Waals surface area contributed by atoms with Crippen LogP contribution in [-0.2, 0) is 12.8 Å². The molecule has 0 unspecified atom stereocenters. The van der Waals surface area contributed by atoms with Gasteiger partial charge in [-0.3, -0.25) is 0 Å². The molecule has 0 aliphatic heterocycles. The maximum atomic E-state index is 12.9. The predicted octanol–water partition coefficient (Wildman–Crippen LogP) is 3.94. The van der Waals surface area contributed by atoms with Gasteiger partial charge in [-0.2, -0.15) is 0 Å². The lowest BCUT2D eigenvalue weighted by Crippen LogP contribution is -2.15. The topological polar surface area (TPSA) is 12.5 Å². The van der Waals surface area contributed by atoms with E-state index < -0.39 is 0 Å². The van der Waals surface area contributed by atoms with E-state index in [1.54, 1.807) is 0 Å². The zero-order valence-corrected chi connectivity index (χ0v) is 13.4. The van der Waals surface area contributed by atoms with Crippen LogP contribution in [0.2, 0.25) is 0 Å². The average molecular weight is 301 g/mol. The van der Waals surface area contributed by atoms with Gasteiger partial charge >= 0.3 is 0 Å². The van der Waals surface area contributed by atoms with Crippen LogP contribution in [0.1, 0.15) is 17.5 Å². The molecular weight excluding hydrogens is 277 g/mol. The molecule has 2 nitrogen and oxygen atoms in total. The van der Waals surface area contributed by atoms with Crippen molar-refractivity contribution in [3.8, 4) is 5.75 Å². The lowest BCUT2D eigenvalue weighted by atomic mass is 10.0. The van der Waals surface area contributed by atoms with E-state index >= 15 is 0 Å². The van der Waals surface area contributed by atoms with E-state index in [9.17, 15) is 4.39 Å². The normalized spacial score (nSPS) is 10.9. The number of aryl methyl sites for hydroxylation is 2. The Morgan fingerprint density at radius 2 is 1.68 bits per heavy atom. The maximum Gasteiger partial charge on any atom is 0.123 e. The first-order valence-electron chi connectivity index (χ1n) is 7.75. The van der Waals surface area contributed by atoms with Crippen molar-refractivity contribution < 1.29 is 9.13 Å². The van der Waals surface area contributed by atoms with Crippen LogP contribution in [0.3, 0.4) is 0 Å². The molecule has 0 atom stereocenters. The van der Waals surface area contributed by atoms with E-state index in [0.29, 0.717) is 0 Å². The molecule has 0 heterocycles. The van der Waals surface area contributed by atoms with E-state index in [4.69, 9.17) is 4.74 Å². The predicted molar refractivity (Wildman–Crippen MR) is 88.9 cm³/mol. The Balaban J connectivity index is 1.89. The fourth-order valence-corrected chi connectivity index (χ4v) is 2.34. The third-order valence-corrected chi connectivity index (χ3v) is 3.58. The van der Waals surface area contributed by atoms with Gasteiger partial charge in [0, 0.05) is 6.54 Å². The first-order valence-corrected chi connectivity index (χ1v) is 7.75. The number of hydrogen-bond donors (Lipinski definition) is 0. The summed E-state index contributed by atoms with van der Waals surface area (Å²) in [6.07, 6.45) is 2.80. The number of halogens is 1. The first kappa shape index (κ1) is 16.5. The molecule has 3 heteroatoms. The highest BCUT2D eigenvalue weighted by molar-refractivity contribution is 5.34. The van der Waals surface area contributed by atoms with Crippen molar-refractivity contribution >= 4 is 0 Å². The summed E-state index contributed by atoms with van der Waals surface area (Å²) in [5.41, 5.74) is 2.35. The second-order valence-corrected chi connectivity index (χ2v) is 5.74. The van der Waals surface area contributed by atoms with Crippen LogP contribution in [0.5, 0.6) is 5.75 Å². The standard InChI is InChI=1S/C19H24FNO/c1-21(2)14-5-15-22-19-7-4-3-6-17(19)11-8-16-9-12-18(20)13-10-16/h3-4,6-7,9-10,12-13H,5,8,11,14-15H2,1-2H3. The number of rotatable bonds is 8. The molecule has 0 aliphatic carbocycles. The van der Waals surface area contributed by atoms with Crippen molar-refractivity contribution in [2.24, 2.45) is 0 Å². The fourth-order valence-electron chi connectivity index (χ4n) is 2.34. The molecule has 118 valence electrons. The average Bonchev–Trinajstić information content (AvgIpc) is 2.52. The molecule has 2 aromatic carbocycles. The molecule has 0 saturated carbocycles. The van der Waals surface area contributed by atoms with Crippen LogP contribution < -0.4 is 4.74 Å². The molecule has 0 bridgehead atoms. The molecule has 2 aromatic rings. The van der Waals surface area contributed by atoms with Crippen LogP contribution in [0.15, 0.2) is 48.5 Å². The Morgan fingerprint density at radius 1 is 0.955 bits per heavy atom. The van der Waals surface area contributed by atoms with Crippen LogP contribution in [-0.4, -0.2) is 32.1 Å². The van der Waals surface area contributed by atoms with Crippen molar-refractivity contribution in [2.45, 2.75) is 19.3 Å². The van der Waals surface area contributed by atoms with E-state index in [1.807, 2.05) is 30.3 Å². The monoisotopic (exact) mass is 301 g/mol. The van der Waals surface area contributed by atoms with Crippen molar-refractivity contribution in [2.75, 3.05) is 27.2 Å². The van der Waals surface area contributed by atoms with Gasteiger partial charge in [0.2, 0.25) is 0 Å². The number of benzene rings is 2. The van der Waals surface area contributed by atoms with Crippen LogP contribution in [0.25, 0.3) is 0 Å². The molecule has 0 aromatic heterocycles. The van der Waals surface area contributed by atoms with Gasteiger partial charge in [-0.25, -0.2) is 4.39 Å². The van der Waals surface area contributed by atoms with Gasteiger partial charge in [0.05, 0.1) is 6.61 Å². The Morgan fingerprint density at radius 3 is 2.41 bits per heavy atom. The van der Waals surface area contributed by atoms with Gasteiger partial charge in [0.25, 0.3) is 0 Å². The highest BCUT2D eigenvalue weighted by Gasteiger charge is 2.04. The van der Waals surface area contributed by atoms with Gasteiger partial charge in [-0.05, 0) is 62.7 Å². The molecule has 0 N–H and O–H groups in total. The Bertz CT molecular complexity index is 566. The van der Waals surface area contributed by atoms with Crippen LogP contribution in [0.4, 0.5) is 4.39 Å². The second-order valence-electron chi connectivity index (χ2n) is 5.74. The third-order valence-electron chi connectivity index (χ3n) is 3.58. The van der Waals surface area contributed by atoms with Crippen molar-refractivity contribution in [1.29, 1.82) is 0 Å². The number of para-hydroxylation sites is 1. The molecule has 0 fully saturated rings. The molecule has 22 heavy (non-hydrogen) atoms. The minimum Gasteiger partial charge on any atom is -0.493 e. The first-order chi connectivity index (χ1) is 10.6. The van der Waals surface area contributed by atoms with Crippen LogP contribution >= 0.6 is 0 Å². The molecule has 0 spiro atoms. The van der Waals surface area contributed by atoms with Gasteiger partial charge in [0.1, 0.15) is 11.6 Å². The minimum atomic E-state index is -0.187. The van der Waals surface area contributed by atoms with Gasteiger partial charge in [-0.15, -0.1) is 0 Å². The quantitative estimate of drug-likeness (QED) is 0.685. The van der Waals surface area contributed by atoms with Crippen molar-refractivity contribution in [3.05, 3.63) is 65.5 Å². The summed E-state index contributed by atoms with van der Waals surface area (Å²) < 4.78 is 18.8. The van der Waals surface area contributed by atoms with E-state index in [-0.39, 0.29) is 5.82 Å². The highest BCUT2D eigenvalue weighted by atomic mass is 19.1. The SMILES string of the molecule is CN(C)CCCOc1ccccc1CCc1ccc(F)cc1. The van der Waals surface area contributed by atoms with Crippen molar-refractivity contribution in [3.63, 3.8) is 0 Å². The Labute approximate surface area is 132 Å². The van der Waals surface area contributed by atoms with E-state index in [1.165, 1.54) is 17.7 Å². The molecule has 0 radical (unpaired) electrons. The molecule has 0 amide bonds. The summed E-state index contributed by atoms with van der Waals surface area (Å²) in [5.74, 6) is 0.775. The summed E-state index contributed by atoms with van der Waals surface area (Å²) in [4.78, 5) is 2.16. The highest BCUT2D eigenvalue weighted by Crippen LogP contribution is 2.20. The third kappa shape index (κ3) is 5.49. The summed E-state index contributed by atoms with van der Waals surface area (Å²) in [6, 6.07) is 14.9. The van der Waals surface area contributed by atoms with Gasteiger partial charge in [-0.1, -0.05) is 30.3 Å². The Hall–Kier alpha value is -1.87. The maximum absolute atomic E-state index is 12.9. The van der Waals surface area contributed by atoms with E-state index in [0.717, 1.165) is 43.7 Å². The summed E-state index contributed by atoms with van der Waals surface area (Å²) in [6.45, 7) is 1.75. The van der Waals surface area contributed by atoms with Crippen LogP contribution in [0, 0.1) is 5.82 Å². The smallest absolute Gasteiger partial charge is 0.123 e. The molecule has 0 saturated heterocycles. The molecular formula is C19H24FNO.